The molecule has 0 spiro atoms. The Morgan fingerprint density at radius 3 is 1.67 bits per heavy atom. The molecule has 5 nitrogen and oxygen atoms in total. The molecule has 0 aromatic carbocycles. The second-order valence-electron chi connectivity index (χ2n) is 2.88. The van der Waals surface area contributed by atoms with Crippen LogP contribution in [0.1, 0.15) is 26.7 Å². The number of ether oxygens (including phenoxy) is 3. The third-order valence-electron chi connectivity index (χ3n) is 1.73. The minimum absolute atomic E-state index is 0.0726. The zero-order valence-corrected chi connectivity index (χ0v) is 9.45. The Hall–Kier alpha value is -1.10. The van der Waals surface area contributed by atoms with Gasteiger partial charge >= 0.3 is 11.9 Å². The number of rotatable bonds is 7. The lowest BCUT2D eigenvalue weighted by atomic mass is 10.2. The van der Waals surface area contributed by atoms with Gasteiger partial charge in [-0.2, -0.15) is 0 Å². The molecule has 0 unspecified atom stereocenters. The van der Waals surface area contributed by atoms with Gasteiger partial charge in [0, 0.05) is 7.11 Å². The Kier molecular flexibility index (Phi) is 7.62. The first kappa shape index (κ1) is 13.9. The molecular weight excluding hydrogens is 200 g/mol. The van der Waals surface area contributed by atoms with Crippen LogP contribution in [0.5, 0.6) is 0 Å². The number of hydrogen-bond donors (Lipinski definition) is 0. The summed E-state index contributed by atoms with van der Waals surface area (Å²) in [4.78, 5) is 22.2. The minimum atomic E-state index is -0.469. The number of carbonyl (C=O) groups excluding carboxylic acids is 2. The molecule has 0 aliphatic heterocycles. The van der Waals surface area contributed by atoms with E-state index >= 15 is 0 Å². The maximum Gasteiger partial charge on any atom is 0.308 e. The molecule has 0 saturated heterocycles. The smallest absolute Gasteiger partial charge is 0.308 e. The molecule has 0 radical (unpaired) electrons. The first-order valence-electron chi connectivity index (χ1n) is 4.98. The molecule has 0 aromatic rings. The van der Waals surface area contributed by atoms with Crippen LogP contribution in [0.25, 0.3) is 0 Å². The van der Waals surface area contributed by atoms with Crippen molar-refractivity contribution in [2.24, 2.45) is 0 Å². The largest absolute Gasteiger partial charge is 0.466 e. The molecule has 5 heteroatoms. The topological polar surface area (TPSA) is 61.8 Å². The van der Waals surface area contributed by atoms with E-state index in [1.165, 1.54) is 7.11 Å². The lowest BCUT2D eigenvalue weighted by Crippen LogP contribution is -2.22. The fourth-order valence-corrected chi connectivity index (χ4v) is 1.05. The highest BCUT2D eigenvalue weighted by Gasteiger charge is 2.18. The predicted octanol–water partition coefficient (Wildman–Crippen LogP) is 0.908. The van der Waals surface area contributed by atoms with Gasteiger partial charge in [-0.05, 0) is 13.8 Å². The number of hydrogen-bond acceptors (Lipinski definition) is 5. The molecule has 0 bridgehead atoms. The van der Waals surface area contributed by atoms with Crippen LogP contribution in [0.2, 0.25) is 0 Å². The molecular formula is C10H18O5. The van der Waals surface area contributed by atoms with E-state index in [1.54, 1.807) is 13.8 Å². The Morgan fingerprint density at radius 1 is 1.00 bits per heavy atom. The van der Waals surface area contributed by atoms with Crippen LogP contribution in [-0.4, -0.2) is 38.4 Å². The van der Waals surface area contributed by atoms with Crippen LogP contribution in [0.15, 0.2) is 0 Å². The highest BCUT2D eigenvalue weighted by molar-refractivity contribution is 5.73. The average Bonchev–Trinajstić information content (AvgIpc) is 2.17. The fraction of sp³-hybridized carbons (Fsp3) is 0.800. The summed E-state index contributed by atoms with van der Waals surface area (Å²) >= 11 is 0. The molecule has 0 N–H and O–H groups in total. The Labute approximate surface area is 89.7 Å². The van der Waals surface area contributed by atoms with Crippen LogP contribution >= 0.6 is 0 Å². The molecule has 0 aliphatic carbocycles. The van der Waals surface area contributed by atoms with Gasteiger partial charge < -0.3 is 14.2 Å². The van der Waals surface area contributed by atoms with E-state index in [-0.39, 0.29) is 24.8 Å². The van der Waals surface area contributed by atoms with Gasteiger partial charge in [0.25, 0.3) is 0 Å². The van der Waals surface area contributed by atoms with Crippen LogP contribution < -0.4 is 0 Å². The Morgan fingerprint density at radius 2 is 1.40 bits per heavy atom. The molecule has 0 heterocycles. The number of esters is 2. The summed E-state index contributed by atoms with van der Waals surface area (Å²) in [6.07, 6.45) is -0.324. The Balaban J connectivity index is 3.91. The Bertz CT molecular complexity index is 182. The second kappa shape index (κ2) is 8.23. The SMILES string of the molecule is CCOC(=O)CC(CC(=O)OCC)OC. The van der Waals surface area contributed by atoms with E-state index < -0.39 is 6.10 Å². The van der Waals surface area contributed by atoms with E-state index in [2.05, 4.69) is 0 Å². The van der Waals surface area contributed by atoms with Crippen molar-refractivity contribution in [2.75, 3.05) is 20.3 Å². The van der Waals surface area contributed by atoms with E-state index in [1.807, 2.05) is 0 Å². The second-order valence-corrected chi connectivity index (χ2v) is 2.88. The molecule has 0 saturated carbocycles. The lowest BCUT2D eigenvalue weighted by molar-refractivity contribution is -0.149. The summed E-state index contributed by atoms with van der Waals surface area (Å²) in [5, 5.41) is 0. The van der Waals surface area contributed by atoms with E-state index in [9.17, 15) is 9.59 Å². The van der Waals surface area contributed by atoms with Crippen molar-refractivity contribution in [2.45, 2.75) is 32.8 Å². The summed E-state index contributed by atoms with van der Waals surface area (Å²) in [7, 11) is 1.45. The summed E-state index contributed by atoms with van der Waals surface area (Å²) in [5.41, 5.74) is 0. The summed E-state index contributed by atoms with van der Waals surface area (Å²) in [6, 6.07) is 0. The monoisotopic (exact) mass is 218 g/mol. The molecule has 0 amide bonds. The number of carbonyl (C=O) groups is 2. The molecule has 88 valence electrons. The maximum atomic E-state index is 11.1. The van der Waals surface area contributed by atoms with Crippen molar-refractivity contribution >= 4 is 11.9 Å². The third-order valence-corrected chi connectivity index (χ3v) is 1.73. The minimum Gasteiger partial charge on any atom is -0.466 e. The van der Waals surface area contributed by atoms with Gasteiger partial charge in [-0.3, -0.25) is 9.59 Å². The quantitative estimate of drug-likeness (QED) is 0.594. The fourth-order valence-electron chi connectivity index (χ4n) is 1.05. The van der Waals surface area contributed by atoms with Gasteiger partial charge in [-0.25, -0.2) is 0 Å². The third kappa shape index (κ3) is 6.90. The van der Waals surface area contributed by atoms with Gasteiger partial charge in [0.15, 0.2) is 0 Å². The molecule has 0 rings (SSSR count). The van der Waals surface area contributed by atoms with Gasteiger partial charge in [-0.15, -0.1) is 0 Å². The van der Waals surface area contributed by atoms with E-state index in [0.29, 0.717) is 13.2 Å². The van der Waals surface area contributed by atoms with E-state index in [0.717, 1.165) is 0 Å². The number of methoxy groups -OCH3 is 1. The summed E-state index contributed by atoms with van der Waals surface area (Å²) in [6.45, 7) is 4.11. The van der Waals surface area contributed by atoms with Gasteiger partial charge in [0.05, 0.1) is 32.2 Å². The van der Waals surface area contributed by atoms with Crippen LogP contribution in [-0.2, 0) is 23.8 Å². The van der Waals surface area contributed by atoms with Crippen molar-refractivity contribution in [3.8, 4) is 0 Å². The molecule has 0 aromatic heterocycles. The molecule has 0 fully saturated rings. The maximum absolute atomic E-state index is 11.1. The van der Waals surface area contributed by atoms with Crippen molar-refractivity contribution in [3.05, 3.63) is 0 Å². The standard InChI is InChI=1S/C10H18O5/c1-4-14-9(11)6-8(13-3)7-10(12)15-5-2/h8H,4-7H2,1-3H3. The summed E-state index contributed by atoms with van der Waals surface area (Å²) < 4.78 is 14.5. The van der Waals surface area contributed by atoms with Gasteiger partial charge in [-0.1, -0.05) is 0 Å². The lowest BCUT2D eigenvalue weighted by Gasteiger charge is -2.13. The highest BCUT2D eigenvalue weighted by Crippen LogP contribution is 2.05. The normalized spacial score (nSPS) is 10.1. The average molecular weight is 218 g/mol. The first-order chi connectivity index (χ1) is 7.13. The van der Waals surface area contributed by atoms with Crippen LogP contribution in [0, 0.1) is 0 Å². The zero-order valence-electron chi connectivity index (χ0n) is 9.45. The van der Waals surface area contributed by atoms with Crippen LogP contribution in [0.3, 0.4) is 0 Å². The molecule has 0 aliphatic rings. The van der Waals surface area contributed by atoms with Gasteiger partial charge in [0.2, 0.25) is 0 Å². The molecule has 0 atom stereocenters. The van der Waals surface area contributed by atoms with Crippen molar-refractivity contribution in [1.29, 1.82) is 0 Å². The van der Waals surface area contributed by atoms with E-state index in [4.69, 9.17) is 14.2 Å². The van der Waals surface area contributed by atoms with Crippen LogP contribution in [0.4, 0.5) is 0 Å². The highest BCUT2D eigenvalue weighted by atomic mass is 16.5. The predicted molar refractivity (Wildman–Crippen MR) is 53.3 cm³/mol. The van der Waals surface area contributed by atoms with Crippen molar-refractivity contribution < 1.29 is 23.8 Å². The van der Waals surface area contributed by atoms with Gasteiger partial charge in [0.1, 0.15) is 0 Å². The molecule has 15 heavy (non-hydrogen) atoms. The van der Waals surface area contributed by atoms with Crippen molar-refractivity contribution in [3.63, 3.8) is 0 Å². The zero-order chi connectivity index (χ0) is 11.7. The first-order valence-corrected chi connectivity index (χ1v) is 4.98. The summed E-state index contributed by atoms with van der Waals surface area (Å²) in [5.74, 6) is -0.734. The van der Waals surface area contributed by atoms with Crippen molar-refractivity contribution in [1.82, 2.24) is 0 Å².